The molecule has 0 amide bonds. The van der Waals surface area contributed by atoms with Crippen molar-refractivity contribution in [3.8, 4) is 0 Å². The number of piperidine rings is 1. The molecule has 2 aliphatic rings. The summed E-state index contributed by atoms with van der Waals surface area (Å²) >= 11 is 0. The van der Waals surface area contributed by atoms with Gasteiger partial charge in [-0.2, -0.15) is 0 Å². The third-order valence-electron chi connectivity index (χ3n) is 2.76. The quantitative estimate of drug-likeness (QED) is 0.515. The van der Waals surface area contributed by atoms with Crippen molar-refractivity contribution in [2.75, 3.05) is 19.7 Å². The lowest BCUT2D eigenvalue weighted by atomic mass is 9.88. The fraction of sp³-hybridized carbons (Fsp3) is 1.00. The normalized spacial score (nSPS) is 45.0. The van der Waals surface area contributed by atoms with E-state index in [1.54, 1.807) is 0 Å². The molecule has 0 aromatic rings. The molecule has 2 saturated heterocycles. The van der Waals surface area contributed by atoms with E-state index in [2.05, 4.69) is 5.32 Å². The highest BCUT2D eigenvalue weighted by atomic mass is 16.5. The maximum Gasteiger partial charge on any atom is 0.106 e. The molecule has 0 bridgehead atoms. The van der Waals surface area contributed by atoms with E-state index in [-0.39, 0.29) is 11.7 Å². The number of hydrogen-bond donors (Lipinski definition) is 2. The van der Waals surface area contributed by atoms with Gasteiger partial charge in [-0.15, -0.1) is 0 Å². The van der Waals surface area contributed by atoms with Crippen molar-refractivity contribution >= 4 is 0 Å². The zero-order valence-electron chi connectivity index (χ0n) is 6.68. The number of aliphatic hydroxyl groups is 1. The maximum absolute atomic E-state index is 9.69. The van der Waals surface area contributed by atoms with Crippen LogP contribution in [0.15, 0.2) is 0 Å². The minimum absolute atomic E-state index is 0.224. The molecule has 2 fully saturated rings. The van der Waals surface area contributed by atoms with Gasteiger partial charge in [-0.3, -0.25) is 0 Å². The second kappa shape index (κ2) is 2.73. The van der Waals surface area contributed by atoms with E-state index in [1.807, 2.05) is 0 Å². The Morgan fingerprint density at radius 1 is 1.55 bits per heavy atom. The molecule has 2 N–H and O–H groups in total. The van der Waals surface area contributed by atoms with Crippen LogP contribution in [0.4, 0.5) is 0 Å². The Morgan fingerprint density at radius 2 is 2.45 bits per heavy atom. The molecule has 3 heteroatoms. The number of aliphatic hydroxyl groups excluding tert-OH is 1. The summed E-state index contributed by atoms with van der Waals surface area (Å²) in [6.45, 7) is 2.57. The van der Waals surface area contributed by atoms with E-state index >= 15 is 0 Å². The summed E-state index contributed by atoms with van der Waals surface area (Å²) in [5.41, 5.74) is -0.224. The van der Waals surface area contributed by atoms with Gasteiger partial charge in [-0.1, -0.05) is 0 Å². The van der Waals surface area contributed by atoms with E-state index in [0.717, 1.165) is 39.0 Å². The summed E-state index contributed by atoms with van der Waals surface area (Å²) in [6.07, 6.45) is 2.70. The van der Waals surface area contributed by atoms with Crippen LogP contribution in [0.5, 0.6) is 0 Å². The van der Waals surface area contributed by atoms with Crippen LogP contribution in [0.3, 0.4) is 0 Å². The first-order chi connectivity index (χ1) is 5.33. The Balaban J connectivity index is 2.07. The summed E-state index contributed by atoms with van der Waals surface area (Å²) in [6, 6.07) is 0. The summed E-state index contributed by atoms with van der Waals surface area (Å²) in [4.78, 5) is 0. The molecule has 0 radical (unpaired) electrons. The minimum atomic E-state index is -0.244. The molecule has 11 heavy (non-hydrogen) atoms. The second-order valence-electron chi connectivity index (χ2n) is 3.50. The molecular weight excluding hydrogens is 142 g/mol. The second-order valence-corrected chi connectivity index (χ2v) is 3.50. The number of nitrogens with one attached hydrogen (secondary N) is 1. The Hall–Kier alpha value is -0.120. The van der Waals surface area contributed by atoms with E-state index in [4.69, 9.17) is 4.74 Å². The van der Waals surface area contributed by atoms with Crippen molar-refractivity contribution in [1.82, 2.24) is 5.32 Å². The topological polar surface area (TPSA) is 41.5 Å². The van der Waals surface area contributed by atoms with Crippen LogP contribution in [0, 0.1) is 0 Å². The predicted octanol–water partition coefficient (Wildman–Crippen LogP) is -0.110. The van der Waals surface area contributed by atoms with Gasteiger partial charge < -0.3 is 15.2 Å². The zero-order chi connectivity index (χ0) is 7.73. The molecular formula is C8H15NO2. The van der Waals surface area contributed by atoms with Crippen LogP contribution in [-0.4, -0.2) is 36.5 Å². The van der Waals surface area contributed by atoms with Gasteiger partial charge in [0.1, 0.15) is 5.60 Å². The van der Waals surface area contributed by atoms with Crippen molar-refractivity contribution in [2.24, 2.45) is 0 Å². The zero-order valence-corrected chi connectivity index (χ0v) is 6.68. The molecule has 0 saturated carbocycles. The Bertz CT molecular complexity index is 143. The van der Waals surface area contributed by atoms with Gasteiger partial charge in [0.15, 0.2) is 0 Å². The lowest BCUT2D eigenvalue weighted by Crippen LogP contribution is -2.54. The molecule has 64 valence electrons. The molecule has 2 aliphatic heterocycles. The molecule has 0 aromatic carbocycles. The van der Waals surface area contributed by atoms with E-state index < -0.39 is 0 Å². The molecule has 2 heterocycles. The summed E-state index contributed by atoms with van der Waals surface area (Å²) in [5.74, 6) is 0. The smallest absolute Gasteiger partial charge is 0.106 e. The summed E-state index contributed by atoms with van der Waals surface area (Å²) in [5, 5.41) is 13.0. The van der Waals surface area contributed by atoms with Gasteiger partial charge in [0, 0.05) is 13.2 Å². The lowest BCUT2D eigenvalue weighted by molar-refractivity contribution is -0.103. The van der Waals surface area contributed by atoms with Crippen molar-refractivity contribution in [1.29, 1.82) is 0 Å². The Morgan fingerprint density at radius 3 is 3.09 bits per heavy atom. The van der Waals surface area contributed by atoms with Crippen molar-refractivity contribution < 1.29 is 9.84 Å². The van der Waals surface area contributed by atoms with Crippen LogP contribution in [-0.2, 0) is 4.74 Å². The molecule has 2 rings (SSSR count). The Labute approximate surface area is 66.7 Å². The van der Waals surface area contributed by atoms with Crippen LogP contribution >= 0.6 is 0 Å². The molecule has 1 spiro atoms. The van der Waals surface area contributed by atoms with Crippen LogP contribution in [0.1, 0.15) is 19.3 Å². The first-order valence-corrected chi connectivity index (χ1v) is 4.36. The highest BCUT2D eigenvalue weighted by Crippen LogP contribution is 2.31. The van der Waals surface area contributed by atoms with Gasteiger partial charge >= 0.3 is 0 Å². The van der Waals surface area contributed by atoms with E-state index in [0.29, 0.717) is 0 Å². The molecule has 2 atom stereocenters. The highest BCUT2D eigenvalue weighted by molar-refractivity contribution is 4.96. The van der Waals surface area contributed by atoms with Gasteiger partial charge in [0.25, 0.3) is 0 Å². The van der Waals surface area contributed by atoms with Gasteiger partial charge in [0.05, 0.1) is 6.10 Å². The minimum Gasteiger partial charge on any atom is -0.390 e. The van der Waals surface area contributed by atoms with Crippen LogP contribution in [0.25, 0.3) is 0 Å². The SMILES string of the molecule is O[C@H]1CCNC[C@@]12CCCO2. The van der Waals surface area contributed by atoms with Crippen LogP contribution < -0.4 is 5.32 Å². The molecule has 0 aromatic heterocycles. The Kier molecular flexibility index (Phi) is 1.87. The van der Waals surface area contributed by atoms with Gasteiger partial charge in [0.2, 0.25) is 0 Å². The van der Waals surface area contributed by atoms with E-state index in [1.165, 1.54) is 0 Å². The summed E-state index contributed by atoms with van der Waals surface area (Å²) < 4.78 is 5.58. The maximum atomic E-state index is 9.69. The fourth-order valence-corrected chi connectivity index (χ4v) is 2.04. The molecule has 3 nitrogen and oxygen atoms in total. The largest absolute Gasteiger partial charge is 0.390 e. The number of rotatable bonds is 0. The van der Waals surface area contributed by atoms with Crippen molar-refractivity contribution in [2.45, 2.75) is 31.0 Å². The van der Waals surface area contributed by atoms with Crippen molar-refractivity contribution in [3.63, 3.8) is 0 Å². The fourth-order valence-electron chi connectivity index (χ4n) is 2.04. The number of ether oxygens (including phenoxy) is 1. The molecule has 0 aliphatic carbocycles. The average Bonchev–Trinajstić information content (AvgIpc) is 2.46. The monoisotopic (exact) mass is 157 g/mol. The van der Waals surface area contributed by atoms with Crippen LogP contribution in [0.2, 0.25) is 0 Å². The van der Waals surface area contributed by atoms with Gasteiger partial charge in [-0.05, 0) is 25.8 Å². The predicted molar refractivity (Wildman–Crippen MR) is 41.4 cm³/mol. The van der Waals surface area contributed by atoms with Gasteiger partial charge in [-0.25, -0.2) is 0 Å². The first-order valence-electron chi connectivity index (χ1n) is 4.36. The third kappa shape index (κ3) is 1.17. The standard InChI is InChI=1S/C8H15NO2/c10-7-2-4-9-6-8(7)3-1-5-11-8/h7,9-10H,1-6H2/t7-,8-/m0/s1. The lowest BCUT2D eigenvalue weighted by Gasteiger charge is -2.37. The number of hydrogen-bond acceptors (Lipinski definition) is 3. The van der Waals surface area contributed by atoms with Crippen molar-refractivity contribution in [3.05, 3.63) is 0 Å². The third-order valence-corrected chi connectivity index (χ3v) is 2.76. The van der Waals surface area contributed by atoms with E-state index in [9.17, 15) is 5.11 Å². The first kappa shape index (κ1) is 7.53. The highest BCUT2D eigenvalue weighted by Gasteiger charge is 2.43. The summed E-state index contributed by atoms with van der Waals surface area (Å²) in [7, 11) is 0. The average molecular weight is 157 g/mol. The molecule has 0 unspecified atom stereocenters.